The predicted molar refractivity (Wildman–Crippen MR) is 253 cm³/mol. The average molecular weight is 805 g/mol. The van der Waals surface area contributed by atoms with Crippen molar-refractivity contribution in [2.24, 2.45) is 0 Å². The smallest absolute Gasteiger partial charge is 0.164 e. The maximum Gasteiger partial charge on any atom is 0.164 e. The Morgan fingerprint density at radius 3 is 1.59 bits per heavy atom. The number of fused-ring (bicyclic) bond motifs is 13. The van der Waals surface area contributed by atoms with Gasteiger partial charge in [0.1, 0.15) is 11.5 Å². The lowest BCUT2D eigenvalue weighted by atomic mass is 9.66. The number of rotatable bonds is 5. The highest BCUT2D eigenvalue weighted by Crippen LogP contribution is 2.63. The van der Waals surface area contributed by atoms with Crippen molar-refractivity contribution in [3.8, 4) is 73.6 Å². The van der Waals surface area contributed by atoms with Gasteiger partial charge >= 0.3 is 0 Å². The third kappa shape index (κ3) is 5.27. The monoisotopic (exact) mass is 804 g/mol. The number of hydrogen-bond acceptors (Lipinski definition) is 4. The molecule has 11 aromatic rings. The fourth-order valence-corrected chi connectivity index (χ4v) is 10.3. The molecule has 2 aliphatic rings. The molecule has 0 amide bonds. The number of ether oxygens (including phenoxy) is 1. The Bertz CT molecular complexity index is 3510. The molecule has 9 aromatic carbocycles. The maximum absolute atomic E-state index is 6.65. The van der Waals surface area contributed by atoms with Crippen molar-refractivity contribution in [3.63, 3.8) is 0 Å². The van der Waals surface area contributed by atoms with Crippen LogP contribution in [-0.2, 0) is 5.41 Å². The summed E-state index contributed by atoms with van der Waals surface area (Å²) in [6.07, 6.45) is 0. The van der Waals surface area contributed by atoms with Gasteiger partial charge in [0.15, 0.2) is 17.5 Å². The molecular weight excluding hydrogens is 769 g/mol. The van der Waals surface area contributed by atoms with Gasteiger partial charge in [0.05, 0.1) is 16.4 Å². The van der Waals surface area contributed by atoms with Crippen LogP contribution in [0.3, 0.4) is 0 Å². The van der Waals surface area contributed by atoms with Gasteiger partial charge in [0, 0.05) is 49.8 Å². The van der Waals surface area contributed by atoms with E-state index in [1.165, 1.54) is 38.5 Å². The topological polar surface area (TPSA) is 52.8 Å². The Morgan fingerprint density at radius 1 is 0.365 bits per heavy atom. The van der Waals surface area contributed by atoms with Gasteiger partial charge in [-0.25, -0.2) is 15.0 Å². The summed E-state index contributed by atoms with van der Waals surface area (Å²) < 4.78 is 9.13. The van der Waals surface area contributed by atoms with E-state index >= 15 is 0 Å². The summed E-state index contributed by atoms with van der Waals surface area (Å²) in [5, 5.41) is 2.43. The molecule has 0 unspecified atom stereocenters. The van der Waals surface area contributed by atoms with Crippen molar-refractivity contribution in [2.75, 3.05) is 0 Å². The second kappa shape index (κ2) is 13.8. The zero-order valence-electron chi connectivity index (χ0n) is 34.0. The Labute approximate surface area is 364 Å². The average Bonchev–Trinajstić information content (AvgIpc) is 3.85. The van der Waals surface area contributed by atoms with Crippen molar-refractivity contribution < 1.29 is 4.74 Å². The van der Waals surface area contributed by atoms with E-state index in [2.05, 4.69) is 162 Å². The maximum atomic E-state index is 6.65. The fraction of sp³-hybridized carbons (Fsp3) is 0.0172. The normalized spacial score (nSPS) is 13.0. The molecular formula is C58H36N4O. The lowest BCUT2D eigenvalue weighted by molar-refractivity contribution is 0.436. The molecule has 3 heterocycles. The largest absolute Gasteiger partial charge is 0.457 e. The molecule has 5 heteroatoms. The van der Waals surface area contributed by atoms with Crippen LogP contribution < -0.4 is 4.74 Å². The molecule has 0 radical (unpaired) electrons. The molecule has 0 bridgehead atoms. The summed E-state index contributed by atoms with van der Waals surface area (Å²) in [4.78, 5) is 15.0. The molecule has 0 saturated carbocycles. The van der Waals surface area contributed by atoms with Crippen molar-refractivity contribution in [2.45, 2.75) is 5.41 Å². The highest BCUT2D eigenvalue weighted by atomic mass is 16.5. The Hall–Kier alpha value is -8.41. The van der Waals surface area contributed by atoms with Crippen LogP contribution in [0.15, 0.2) is 218 Å². The standard InChI is InChI=1S/C58H36N4O/c1-3-17-37(18-4-1)55-59-56(38-19-5-2-6-20-38)61-57(60-55)41-23-15-21-39(35-41)40-22-16-24-42(36-40)62-50-30-12-8-25-43(50)44-33-34-49-53(54(44)62)45-26-7-9-27-46(45)58(49)47-28-10-13-31-51(47)63-52-32-14-11-29-48(52)58/h1-36H. The molecule has 294 valence electrons. The summed E-state index contributed by atoms with van der Waals surface area (Å²) in [7, 11) is 0. The summed E-state index contributed by atoms with van der Waals surface area (Å²) >= 11 is 0. The van der Waals surface area contributed by atoms with Gasteiger partial charge in [0.25, 0.3) is 0 Å². The third-order valence-corrected chi connectivity index (χ3v) is 12.9. The van der Waals surface area contributed by atoms with E-state index in [1.54, 1.807) is 0 Å². The molecule has 63 heavy (non-hydrogen) atoms. The predicted octanol–water partition coefficient (Wildman–Crippen LogP) is 14.1. The summed E-state index contributed by atoms with van der Waals surface area (Å²) in [6.45, 7) is 0. The van der Waals surface area contributed by atoms with Crippen LogP contribution in [0.25, 0.3) is 83.9 Å². The lowest BCUT2D eigenvalue weighted by Gasteiger charge is -2.39. The van der Waals surface area contributed by atoms with Crippen molar-refractivity contribution >= 4 is 21.8 Å². The van der Waals surface area contributed by atoms with Crippen LogP contribution in [-0.4, -0.2) is 19.5 Å². The molecule has 1 spiro atoms. The highest BCUT2D eigenvalue weighted by molar-refractivity contribution is 6.16. The van der Waals surface area contributed by atoms with E-state index in [4.69, 9.17) is 19.7 Å². The first-order chi connectivity index (χ1) is 31.2. The van der Waals surface area contributed by atoms with Gasteiger partial charge in [-0.3, -0.25) is 0 Å². The quantitative estimate of drug-likeness (QED) is 0.174. The number of nitrogens with zero attached hydrogens (tertiary/aromatic N) is 4. The highest BCUT2D eigenvalue weighted by Gasteiger charge is 2.51. The van der Waals surface area contributed by atoms with Crippen molar-refractivity contribution in [1.82, 2.24) is 19.5 Å². The van der Waals surface area contributed by atoms with Crippen LogP contribution in [0.2, 0.25) is 0 Å². The molecule has 1 aliphatic heterocycles. The van der Waals surface area contributed by atoms with Crippen LogP contribution in [0.5, 0.6) is 11.5 Å². The SMILES string of the molecule is c1ccc(-c2nc(-c3ccccc3)nc(-c3cccc(-c4cccc(-n5c6ccccc6c6ccc7c(c65)-c5ccccc5C75c6ccccc6Oc6ccccc65)c4)c3)n2)cc1. The Morgan fingerprint density at radius 2 is 0.889 bits per heavy atom. The van der Waals surface area contributed by atoms with Gasteiger partial charge in [-0.1, -0.05) is 182 Å². The molecule has 0 N–H and O–H groups in total. The van der Waals surface area contributed by atoms with Gasteiger partial charge in [-0.15, -0.1) is 0 Å². The minimum absolute atomic E-state index is 0.565. The second-order valence-electron chi connectivity index (χ2n) is 16.3. The summed E-state index contributed by atoms with van der Waals surface area (Å²) in [5.41, 5.74) is 15.2. The second-order valence-corrected chi connectivity index (χ2v) is 16.3. The zero-order chi connectivity index (χ0) is 41.5. The molecule has 13 rings (SSSR count). The van der Waals surface area contributed by atoms with E-state index < -0.39 is 5.41 Å². The van der Waals surface area contributed by atoms with E-state index in [0.717, 1.165) is 61.6 Å². The zero-order valence-corrected chi connectivity index (χ0v) is 34.0. The minimum Gasteiger partial charge on any atom is -0.457 e. The van der Waals surface area contributed by atoms with E-state index in [-0.39, 0.29) is 0 Å². The molecule has 0 saturated heterocycles. The van der Waals surface area contributed by atoms with E-state index in [1.807, 2.05) is 60.7 Å². The molecule has 0 fully saturated rings. The van der Waals surface area contributed by atoms with Gasteiger partial charge in [0.2, 0.25) is 0 Å². The lowest BCUT2D eigenvalue weighted by Crippen LogP contribution is -2.32. The minimum atomic E-state index is -0.565. The molecule has 5 nitrogen and oxygen atoms in total. The van der Waals surface area contributed by atoms with Gasteiger partial charge in [-0.2, -0.15) is 0 Å². The van der Waals surface area contributed by atoms with Crippen molar-refractivity contribution in [1.29, 1.82) is 0 Å². The summed E-state index contributed by atoms with van der Waals surface area (Å²) in [6, 6.07) is 77.3. The fourth-order valence-electron chi connectivity index (χ4n) is 10.3. The van der Waals surface area contributed by atoms with E-state index in [0.29, 0.717) is 17.5 Å². The number of benzene rings is 9. The van der Waals surface area contributed by atoms with Crippen LogP contribution >= 0.6 is 0 Å². The van der Waals surface area contributed by atoms with Crippen LogP contribution in [0.4, 0.5) is 0 Å². The molecule has 2 aromatic heterocycles. The third-order valence-electron chi connectivity index (χ3n) is 12.9. The number of hydrogen-bond donors (Lipinski definition) is 0. The Kier molecular flexibility index (Phi) is 7.75. The van der Waals surface area contributed by atoms with Crippen LogP contribution in [0.1, 0.15) is 22.3 Å². The van der Waals surface area contributed by atoms with Gasteiger partial charge in [-0.05, 0) is 64.2 Å². The summed E-state index contributed by atoms with van der Waals surface area (Å²) in [5.74, 6) is 3.68. The van der Waals surface area contributed by atoms with Crippen LogP contribution in [0, 0.1) is 0 Å². The molecule has 0 atom stereocenters. The van der Waals surface area contributed by atoms with Gasteiger partial charge < -0.3 is 9.30 Å². The van der Waals surface area contributed by atoms with E-state index in [9.17, 15) is 0 Å². The first-order valence-corrected chi connectivity index (χ1v) is 21.4. The first-order valence-electron chi connectivity index (χ1n) is 21.4. The first kappa shape index (κ1) is 35.4. The molecule has 1 aliphatic carbocycles. The Balaban J connectivity index is 1.02. The number of aromatic nitrogens is 4. The van der Waals surface area contributed by atoms with Crippen molar-refractivity contribution in [3.05, 3.63) is 241 Å². The number of para-hydroxylation sites is 3.